The van der Waals surface area contributed by atoms with E-state index in [0.29, 0.717) is 12.0 Å². The summed E-state index contributed by atoms with van der Waals surface area (Å²) in [7, 11) is 0. The van der Waals surface area contributed by atoms with Gasteiger partial charge in [0, 0.05) is 0 Å². The number of rotatable bonds is 6. The van der Waals surface area contributed by atoms with Crippen LogP contribution in [0.1, 0.15) is 17.2 Å². The molecule has 0 bridgehead atoms. The van der Waals surface area contributed by atoms with Gasteiger partial charge in [-0.05, 0) is 17.5 Å². The number of primary amides is 1. The second-order valence-corrected chi connectivity index (χ2v) is 5.05. The number of nitrogens with two attached hydrogens (primary N) is 2. The van der Waals surface area contributed by atoms with Gasteiger partial charge in [0.25, 0.3) is 0 Å². The van der Waals surface area contributed by atoms with E-state index in [0.717, 1.165) is 5.56 Å². The fourth-order valence-electron chi connectivity index (χ4n) is 2.17. The Bertz CT molecular complexity index is 629. The SMILES string of the molecule is NC(=O)[C@@H](NC(=O)[C@@H](N)Cc1ccccc1)c1ccccc1. The second kappa shape index (κ2) is 7.38. The van der Waals surface area contributed by atoms with Gasteiger partial charge in [0.05, 0.1) is 6.04 Å². The minimum Gasteiger partial charge on any atom is -0.368 e. The predicted octanol–water partition coefficient (Wildman–Crippen LogP) is 0.899. The Balaban J connectivity index is 2.04. The van der Waals surface area contributed by atoms with Gasteiger partial charge in [0.2, 0.25) is 11.8 Å². The third-order valence-electron chi connectivity index (χ3n) is 3.34. The monoisotopic (exact) mass is 297 g/mol. The smallest absolute Gasteiger partial charge is 0.244 e. The van der Waals surface area contributed by atoms with Crippen LogP contribution in [0.4, 0.5) is 0 Å². The van der Waals surface area contributed by atoms with Gasteiger partial charge in [-0.1, -0.05) is 60.7 Å². The average molecular weight is 297 g/mol. The molecule has 2 amide bonds. The van der Waals surface area contributed by atoms with Gasteiger partial charge in [-0.25, -0.2) is 0 Å². The van der Waals surface area contributed by atoms with E-state index in [4.69, 9.17) is 11.5 Å². The highest BCUT2D eigenvalue weighted by Crippen LogP contribution is 2.12. The quantitative estimate of drug-likeness (QED) is 0.738. The predicted molar refractivity (Wildman–Crippen MR) is 84.6 cm³/mol. The number of hydrogen-bond acceptors (Lipinski definition) is 3. The fraction of sp³-hybridized carbons (Fsp3) is 0.176. The molecule has 2 aromatic carbocycles. The Hall–Kier alpha value is -2.66. The van der Waals surface area contributed by atoms with Crippen molar-refractivity contribution in [2.45, 2.75) is 18.5 Å². The molecule has 0 fully saturated rings. The molecule has 5 N–H and O–H groups in total. The van der Waals surface area contributed by atoms with Crippen molar-refractivity contribution in [2.24, 2.45) is 11.5 Å². The highest BCUT2D eigenvalue weighted by atomic mass is 16.2. The lowest BCUT2D eigenvalue weighted by Gasteiger charge is -2.19. The molecule has 0 radical (unpaired) electrons. The van der Waals surface area contributed by atoms with Crippen LogP contribution in [0.15, 0.2) is 60.7 Å². The molecule has 114 valence electrons. The zero-order chi connectivity index (χ0) is 15.9. The van der Waals surface area contributed by atoms with Crippen molar-refractivity contribution in [1.29, 1.82) is 0 Å². The summed E-state index contributed by atoms with van der Waals surface area (Å²) in [5.41, 5.74) is 12.9. The van der Waals surface area contributed by atoms with Crippen molar-refractivity contribution in [3.8, 4) is 0 Å². The highest BCUT2D eigenvalue weighted by Gasteiger charge is 2.23. The molecule has 5 heteroatoms. The van der Waals surface area contributed by atoms with Crippen LogP contribution in [0, 0.1) is 0 Å². The number of nitrogens with one attached hydrogen (secondary N) is 1. The van der Waals surface area contributed by atoms with Gasteiger partial charge in [-0.15, -0.1) is 0 Å². The summed E-state index contributed by atoms with van der Waals surface area (Å²) < 4.78 is 0. The van der Waals surface area contributed by atoms with Crippen LogP contribution >= 0.6 is 0 Å². The fourth-order valence-corrected chi connectivity index (χ4v) is 2.17. The molecule has 0 saturated carbocycles. The summed E-state index contributed by atoms with van der Waals surface area (Å²) in [6.07, 6.45) is 0.396. The molecule has 2 atom stereocenters. The molecule has 22 heavy (non-hydrogen) atoms. The van der Waals surface area contributed by atoms with E-state index in [2.05, 4.69) is 5.32 Å². The first kappa shape index (κ1) is 15.7. The van der Waals surface area contributed by atoms with Gasteiger partial charge in [0.1, 0.15) is 6.04 Å². The van der Waals surface area contributed by atoms with Crippen LogP contribution in [0.5, 0.6) is 0 Å². The zero-order valence-electron chi connectivity index (χ0n) is 12.1. The molecule has 0 aliphatic heterocycles. The van der Waals surface area contributed by atoms with Gasteiger partial charge < -0.3 is 16.8 Å². The van der Waals surface area contributed by atoms with E-state index in [1.54, 1.807) is 24.3 Å². The maximum atomic E-state index is 12.2. The molecule has 2 rings (SSSR count). The van der Waals surface area contributed by atoms with Crippen molar-refractivity contribution in [3.05, 3.63) is 71.8 Å². The first-order valence-electron chi connectivity index (χ1n) is 7.02. The highest BCUT2D eigenvalue weighted by molar-refractivity contribution is 5.89. The third-order valence-corrected chi connectivity index (χ3v) is 3.34. The second-order valence-electron chi connectivity index (χ2n) is 5.05. The molecule has 0 saturated heterocycles. The van der Waals surface area contributed by atoms with E-state index in [9.17, 15) is 9.59 Å². The lowest BCUT2D eigenvalue weighted by molar-refractivity contribution is -0.128. The Labute approximate surface area is 129 Å². The van der Waals surface area contributed by atoms with Crippen molar-refractivity contribution in [2.75, 3.05) is 0 Å². The van der Waals surface area contributed by atoms with Gasteiger partial charge in [0.15, 0.2) is 0 Å². The molecule has 0 aliphatic carbocycles. The summed E-state index contributed by atoms with van der Waals surface area (Å²) in [5.74, 6) is -1.03. The number of benzene rings is 2. The van der Waals surface area contributed by atoms with Crippen molar-refractivity contribution in [3.63, 3.8) is 0 Å². The Morgan fingerprint density at radius 2 is 1.50 bits per heavy atom. The van der Waals surface area contributed by atoms with Crippen LogP contribution in [0.3, 0.4) is 0 Å². The molecule has 0 aromatic heterocycles. The van der Waals surface area contributed by atoms with Gasteiger partial charge in [-0.3, -0.25) is 9.59 Å². The molecule has 0 unspecified atom stereocenters. The van der Waals surface area contributed by atoms with E-state index in [1.807, 2.05) is 36.4 Å². The Kier molecular flexibility index (Phi) is 5.27. The Morgan fingerprint density at radius 3 is 2.05 bits per heavy atom. The maximum absolute atomic E-state index is 12.2. The summed E-state index contributed by atoms with van der Waals surface area (Å²) in [6.45, 7) is 0. The van der Waals surface area contributed by atoms with Crippen molar-refractivity contribution < 1.29 is 9.59 Å². The number of amides is 2. The van der Waals surface area contributed by atoms with E-state index >= 15 is 0 Å². The summed E-state index contributed by atoms with van der Waals surface area (Å²) in [4.78, 5) is 23.8. The van der Waals surface area contributed by atoms with Crippen LogP contribution in [-0.4, -0.2) is 17.9 Å². The van der Waals surface area contributed by atoms with Crippen LogP contribution in [-0.2, 0) is 16.0 Å². The largest absolute Gasteiger partial charge is 0.368 e. The number of carbonyl (C=O) groups excluding carboxylic acids is 2. The van der Waals surface area contributed by atoms with Crippen molar-refractivity contribution in [1.82, 2.24) is 5.32 Å². The molecular weight excluding hydrogens is 278 g/mol. The first-order chi connectivity index (χ1) is 10.6. The molecule has 0 heterocycles. The minimum absolute atomic E-state index is 0.396. The minimum atomic E-state index is -0.879. The molecule has 5 nitrogen and oxygen atoms in total. The standard InChI is InChI=1S/C17H19N3O2/c18-14(11-12-7-3-1-4-8-12)17(22)20-15(16(19)21)13-9-5-2-6-10-13/h1-10,14-15H,11,18H2,(H2,19,21)(H,20,22)/t14-,15-/m0/s1. The van der Waals surface area contributed by atoms with Crippen LogP contribution in [0.25, 0.3) is 0 Å². The normalized spacial score (nSPS) is 13.1. The molecule has 0 spiro atoms. The topological polar surface area (TPSA) is 98.2 Å². The zero-order valence-corrected chi connectivity index (χ0v) is 12.1. The maximum Gasteiger partial charge on any atom is 0.244 e. The summed E-state index contributed by atoms with van der Waals surface area (Å²) in [5, 5.41) is 2.61. The van der Waals surface area contributed by atoms with E-state index in [1.165, 1.54) is 0 Å². The van der Waals surface area contributed by atoms with Gasteiger partial charge >= 0.3 is 0 Å². The van der Waals surface area contributed by atoms with Crippen LogP contribution in [0.2, 0.25) is 0 Å². The number of carbonyl (C=O) groups is 2. The average Bonchev–Trinajstić information content (AvgIpc) is 2.53. The van der Waals surface area contributed by atoms with E-state index < -0.39 is 23.9 Å². The molecular formula is C17H19N3O2. The first-order valence-corrected chi connectivity index (χ1v) is 7.02. The summed E-state index contributed by atoms with van der Waals surface area (Å²) in [6, 6.07) is 16.7. The summed E-state index contributed by atoms with van der Waals surface area (Å²) >= 11 is 0. The lowest BCUT2D eigenvalue weighted by atomic mass is 10.0. The van der Waals surface area contributed by atoms with Crippen molar-refractivity contribution >= 4 is 11.8 Å². The molecule has 0 aliphatic rings. The Morgan fingerprint density at radius 1 is 0.955 bits per heavy atom. The van der Waals surface area contributed by atoms with Crippen LogP contribution < -0.4 is 16.8 Å². The number of hydrogen-bond donors (Lipinski definition) is 3. The lowest BCUT2D eigenvalue weighted by Crippen LogP contribution is -2.46. The molecule has 2 aromatic rings. The third kappa shape index (κ3) is 4.17. The van der Waals surface area contributed by atoms with Gasteiger partial charge in [-0.2, -0.15) is 0 Å². The van der Waals surface area contributed by atoms with E-state index in [-0.39, 0.29) is 0 Å².